The highest BCUT2D eigenvalue weighted by atomic mass is 35.5. The molecule has 0 spiro atoms. The predicted molar refractivity (Wildman–Crippen MR) is 66.5 cm³/mol. The van der Waals surface area contributed by atoms with Crippen molar-refractivity contribution in [2.75, 3.05) is 18.4 Å². The van der Waals surface area contributed by atoms with Gasteiger partial charge in [0.05, 0.1) is 11.5 Å². The second kappa shape index (κ2) is 9.18. The zero-order valence-electron chi connectivity index (χ0n) is 8.25. The standard InChI is InChI=1S/C6H13Cl3O5P2/c7-3-1-6(9,2-4-8)5-13-16(12)14-15(10)11/h15-16H,1-5H2,(H,10,11). The van der Waals surface area contributed by atoms with E-state index in [1.54, 1.807) is 0 Å². The van der Waals surface area contributed by atoms with Crippen molar-refractivity contribution in [2.45, 2.75) is 17.7 Å². The van der Waals surface area contributed by atoms with Crippen molar-refractivity contribution >= 4 is 51.3 Å². The number of hydrogen-bond acceptors (Lipinski definition) is 4. The second-order valence-corrected chi connectivity index (χ2v) is 6.63. The van der Waals surface area contributed by atoms with E-state index in [2.05, 4.69) is 4.31 Å². The maximum atomic E-state index is 11.0. The first-order valence-corrected chi connectivity index (χ1v) is 8.25. The van der Waals surface area contributed by atoms with Gasteiger partial charge in [0.2, 0.25) is 0 Å². The second-order valence-electron chi connectivity index (χ2n) is 2.94. The van der Waals surface area contributed by atoms with E-state index in [9.17, 15) is 9.13 Å². The first-order valence-electron chi connectivity index (χ1n) is 4.32. The summed E-state index contributed by atoms with van der Waals surface area (Å²) in [6.07, 6.45) is 0.846. The van der Waals surface area contributed by atoms with Crippen LogP contribution in [0.1, 0.15) is 12.8 Å². The summed E-state index contributed by atoms with van der Waals surface area (Å²) in [4.78, 5) is 7.53. The van der Waals surface area contributed by atoms with Crippen LogP contribution in [0.3, 0.4) is 0 Å². The Hall–Kier alpha value is 1.21. The zero-order valence-corrected chi connectivity index (χ0v) is 12.5. The van der Waals surface area contributed by atoms with E-state index in [1.807, 2.05) is 0 Å². The Labute approximate surface area is 110 Å². The van der Waals surface area contributed by atoms with Crippen molar-refractivity contribution in [1.29, 1.82) is 0 Å². The molecule has 0 heterocycles. The molecule has 10 heteroatoms. The molecular formula is C6H13Cl3O5P2. The Morgan fingerprint density at radius 1 is 1.19 bits per heavy atom. The fourth-order valence-corrected chi connectivity index (χ4v) is 3.35. The molecule has 2 atom stereocenters. The molecule has 0 bridgehead atoms. The molecule has 0 rings (SSSR count). The molecule has 0 amide bonds. The lowest BCUT2D eigenvalue weighted by Crippen LogP contribution is -2.28. The van der Waals surface area contributed by atoms with E-state index in [-0.39, 0.29) is 6.61 Å². The summed E-state index contributed by atoms with van der Waals surface area (Å²) in [6.45, 7) is -0.0963. The molecular weight excluding hydrogens is 320 g/mol. The van der Waals surface area contributed by atoms with Crippen LogP contribution in [0.15, 0.2) is 0 Å². The van der Waals surface area contributed by atoms with Crippen molar-refractivity contribution in [2.24, 2.45) is 0 Å². The van der Waals surface area contributed by atoms with Crippen LogP contribution in [-0.4, -0.2) is 28.1 Å². The fraction of sp³-hybridized carbons (Fsp3) is 1.00. The van der Waals surface area contributed by atoms with Gasteiger partial charge in [0.15, 0.2) is 0 Å². The Bertz CT molecular complexity index is 246. The quantitative estimate of drug-likeness (QED) is 0.519. The molecule has 1 N–H and O–H groups in total. The van der Waals surface area contributed by atoms with Gasteiger partial charge in [-0.2, -0.15) is 0 Å². The fourth-order valence-electron chi connectivity index (χ4n) is 0.897. The first kappa shape index (κ1) is 17.2. The summed E-state index contributed by atoms with van der Waals surface area (Å²) in [5, 5.41) is 0. The van der Waals surface area contributed by atoms with Crippen molar-refractivity contribution in [3.8, 4) is 0 Å². The van der Waals surface area contributed by atoms with Gasteiger partial charge >= 0.3 is 16.5 Å². The zero-order chi connectivity index (χ0) is 12.6. The van der Waals surface area contributed by atoms with E-state index < -0.39 is 21.4 Å². The molecule has 98 valence electrons. The third kappa shape index (κ3) is 8.32. The molecule has 0 radical (unpaired) electrons. The number of alkyl halides is 3. The number of hydrogen-bond donors (Lipinski definition) is 1. The molecule has 0 saturated heterocycles. The lowest BCUT2D eigenvalue weighted by atomic mass is 10.0. The Morgan fingerprint density at radius 3 is 2.06 bits per heavy atom. The Kier molecular flexibility index (Phi) is 9.88. The average molecular weight is 333 g/mol. The topological polar surface area (TPSA) is 72.8 Å². The summed E-state index contributed by atoms with van der Waals surface area (Å²) in [7, 11) is -6.26. The van der Waals surface area contributed by atoms with E-state index >= 15 is 0 Å². The van der Waals surface area contributed by atoms with Gasteiger partial charge < -0.3 is 9.42 Å². The molecule has 5 nitrogen and oxygen atoms in total. The monoisotopic (exact) mass is 332 g/mol. The largest absolute Gasteiger partial charge is 0.326 e. The Morgan fingerprint density at radius 2 is 1.69 bits per heavy atom. The molecule has 16 heavy (non-hydrogen) atoms. The van der Waals surface area contributed by atoms with Crippen molar-refractivity contribution in [3.63, 3.8) is 0 Å². The Balaban J connectivity index is 4.10. The van der Waals surface area contributed by atoms with E-state index in [0.29, 0.717) is 24.6 Å². The lowest BCUT2D eigenvalue weighted by molar-refractivity contribution is 0.239. The van der Waals surface area contributed by atoms with Crippen LogP contribution in [0.4, 0.5) is 0 Å². The normalized spacial score (nSPS) is 16.0. The lowest BCUT2D eigenvalue weighted by Gasteiger charge is -2.24. The third-order valence-corrected chi connectivity index (χ3v) is 4.31. The van der Waals surface area contributed by atoms with Gasteiger partial charge in [0, 0.05) is 11.8 Å². The van der Waals surface area contributed by atoms with Crippen molar-refractivity contribution in [1.82, 2.24) is 0 Å². The molecule has 0 aliphatic carbocycles. The molecule has 0 saturated carbocycles. The van der Waals surface area contributed by atoms with Crippen molar-refractivity contribution in [3.05, 3.63) is 0 Å². The molecule has 0 aromatic carbocycles. The molecule has 0 aliphatic heterocycles. The minimum absolute atomic E-state index is 0.0963. The highest BCUT2D eigenvalue weighted by molar-refractivity contribution is 7.47. The third-order valence-electron chi connectivity index (χ3n) is 1.70. The number of rotatable bonds is 9. The summed E-state index contributed by atoms with van der Waals surface area (Å²) in [5.41, 5.74) is 0. The molecule has 0 aromatic heterocycles. The molecule has 0 fully saturated rings. The van der Waals surface area contributed by atoms with Gasteiger partial charge in [-0.05, 0) is 12.8 Å². The van der Waals surface area contributed by atoms with Crippen LogP contribution >= 0.6 is 51.3 Å². The summed E-state index contributed by atoms with van der Waals surface area (Å²) >= 11 is 17.2. The minimum Gasteiger partial charge on any atom is -0.326 e. The van der Waals surface area contributed by atoms with E-state index in [0.717, 1.165) is 0 Å². The van der Waals surface area contributed by atoms with E-state index in [1.165, 1.54) is 0 Å². The first-order chi connectivity index (χ1) is 7.43. The van der Waals surface area contributed by atoms with Crippen molar-refractivity contribution < 1.29 is 22.9 Å². The van der Waals surface area contributed by atoms with Crippen LogP contribution in [0.5, 0.6) is 0 Å². The van der Waals surface area contributed by atoms with Gasteiger partial charge in [-0.15, -0.1) is 34.8 Å². The van der Waals surface area contributed by atoms with E-state index in [4.69, 9.17) is 44.2 Å². The maximum Gasteiger partial charge on any atom is 0.326 e. The number of halogens is 3. The van der Waals surface area contributed by atoms with Gasteiger partial charge in [0.25, 0.3) is 0 Å². The van der Waals surface area contributed by atoms with Crippen LogP contribution in [0, 0.1) is 0 Å². The van der Waals surface area contributed by atoms with Gasteiger partial charge in [-0.3, -0.25) is 9.13 Å². The van der Waals surface area contributed by atoms with Gasteiger partial charge in [-0.25, -0.2) is 4.31 Å². The average Bonchev–Trinajstić information content (AvgIpc) is 2.15. The molecule has 0 aliphatic rings. The maximum absolute atomic E-state index is 11.0. The van der Waals surface area contributed by atoms with Gasteiger partial charge in [0.1, 0.15) is 0 Å². The summed E-state index contributed by atoms with van der Waals surface area (Å²) < 4.78 is 30.1. The van der Waals surface area contributed by atoms with Crippen LogP contribution in [0.2, 0.25) is 0 Å². The minimum atomic E-state index is -3.26. The molecule has 0 aromatic rings. The van der Waals surface area contributed by atoms with Crippen LogP contribution < -0.4 is 0 Å². The molecule has 2 unspecified atom stereocenters. The predicted octanol–water partition coefficient (Wildman–Crippen LogP) is 3.03. The van der Waals surface area contributed by atoms with Crippen LogP contribution in [0.25, 0.3) is 0 Å². The summed E-state index contributed by atoms with van der Waals surface area (Å²) in [5.74, 6) is 0.615. The van der Waals surface area contributed by atoms with Gasteiger partial charge in [-0.1, -0.05) is 0 Å². The SMILES string of the molecule is O=[PH](O)O[PH](=O)OCC(Cl)(CCCl)CCCl. The highest BCUT2D eigenvalue weighted by Gasteiger charge is 2.27. The smallest absolute Gasteiger partial charge is 0.326 e. The van der Waals surface area contributed by atoms with Crippen LogP contribution in [-0.2, 0) is 18.0 Å². The highest BCUT2D eigenvalue weighted by Crippen LogP contribution is 2.38. The summed E-state index contributed by atoms with van der Waals surface area (Å²) in [6, 6.07) is 0.